The van der Waals surface area contributed by atoms with E-state index in [1.165, 1.54) is 6.07 Å². The molecule has 0 unspecified atom stereocenters. The first-order valence-electron chi connectivity index (χ1n) is 23.6. The maximum Gasteiger partial charge on any atom is 0.408 e. The predicted octanol–water partition coefficient (Wildman–Crippen LogP) is 6.07. The molecule has 25 heteroatoms. The smallest absolute Gasteiger partial charge is 0.408 e. The van der Waals surface area contributed by atoms with Crippen molar-refractivity contribution in [3.8, 4) is 11.5 Å². The SMILES string of the molecule is CC(C)(C)OC(=O)N[C@H]1COCC[C@H]1N.COc1ccc(Nc2cc(Cl)nnc2C(N)=O)nc1C(C)C.COc1ccc(Nc2cc(N[C@@H]3CCOC[C@@H]3NC(=O)OC(C)(C)C)nnc2C(N)=O)nc1C(C)C. The number of rotatable bonds is 14. The number of hydrogen-bond donors (Lipinski definition) is 8. The van der Waals surface area contributed by atoms with Crippen LogP contribution in [0.2, 0.25) is 5.15 Å². The molecule has 0 aliphatic carbocycles. The minimum Gasteiger partial charge on any atom is -0.495 e. The first-order chi connectivity index (χ1) is 34.3. The summed E-state index contributed by atoms with van der Waals surface area (Å²) in [7, 11) is 3.18. The fourth-order valence-electron chi connectivity index (χ4n) is 6.96. The van der Waals surface area contributed by atoms with Gasteiger partial charge in [-0.3, -0.25) is 9.59 Å². The summed E-state index contributed by atoms with van der Waals surface area (Å²) in [5, 5.41) is 30.5. The number of aromatic nitrogens is 6. The molecule has 6 rings (SSSR count). The molecule has 73 heavy (non-hydrogen) atoms. The summed E-state index contributed by atoms with van der Waals surface area (Å²) in [4.78, 5) is 56.3. The lowest BCUT2D eigenvalue weighted by Crippen LogP contribution is -2.54. The normalized spacial score (nSPS) is 17.6. The van der Waals surface area contributed by atoms with Crippen LogP contribution in [-0.4, -0.2) is 130 Å². The molecule has 11 N–H and O–H groups in total. The van der Waals surface area contributed by atoms with Crippen molar-refractivity contribution >= 4 is 64.4 Å². The van der Waals surface area contributed by atoms with Crippen LogP contribution in [0.4, 0.5) is 38.4 Å². The molecule has 2 aliphatic heterocycles. The number of alkyl carbamates (subject to hydrolysis) is 2. The van der Waals surface area contributed by atoms with Crippen LogP contribution in [0, 0.1) is 0 Å². The number of amides is 4. The monoisotopic (exact) mass is 1040 g/mol. The highest BCUT2D eigenvalue weighted by Crippen LogP contribution is 2.30. The topological polar surface area (TPSA) is 339 Å². The predicted molar refractivity (Wildman–Crippen MR) is 275 cm³/mol. The number of carbonyl (C=O) groups excluding carboxylic acids is 4. The molecule has 24 nitrogen and oxygen atoms in total. The van der Waals surface area contributed by atoms with Crippen molar-refractivity contribution in [2.24, 2.45) is 17.2 Å². The third kappa shape index (κ3) is 18.9. The molecule has 0 saturated carbocycles. The molecule has 0 spiro atoms. The Balaban J connectivity index is 0.000000264. The van der Waals surface area contributed by atoms with Gasteiger partial charge < -0.3 is 72.2 Å². The summed E-state index contributed by atoms with van der Waals surface area (Å²) in [6, 6.07) is 9.40. The van der Waals surface area contributed by atoms with Gasteiger partial charge in [0.15, 0.2) is 22.4 Å². The fraction of sp³-hybridized carbons (Fsp3) is 0.542. The van der Waals surface area contributed by atoms with Crippen LogP contribution >= 0.6 is 11.6 Å². The quantitative estimate of drug-likeness (QED) is 0.0710. The van der Waals surface area contributed by atoms with E-state index in [1.807, 2.05) is 48.5 Å². The second kappa shape index (κ2) is 26.7. The Bertz CT molecular complexity index is 2510. The number of nitrogens with zero attached hydrogens (tertiary/aromatic N) is 6. The van der Waals surface area contributed by atoms with Crippen molar-refractivity contribution in [1.82, 2.24) is 41.0 Å². The number of nitrogens with two attached hydrogens (primary N) is 3. The Morgan fingerprint density at radius 2 is 1.10 bits per heavy atom. The van der Waals surface area contributed by atoms with Crippen molar-refractivity contribution in [2.45, 2.75) is 129 Å². The first kappa shape index (κ1) is 58.7. The molecule has 6 heterocycles. The van der Waals surface area contributed by atoms with Gasteiger partial charge in [0.05, 0.1) is 68.3 Å². The van der Waals surface area contributed by atoms with Gasteiger partial charge >= 0.3 is 12.2 Å². The maximum absolute atomic E-state index is 12.3. The van der Waals surface area contributed by atoms with Crippen LogP contribution in [0.25, 0.3) is 0 Å². The van der Waals surface area contributed by atoms with Crippen molar-refractivity contribution in [3.05, 3.63) is 64.3 Å². The first-order valence-corrected chi connectivity index (χ1v) is 24.0. The van der Waals surface area contributed by atoms with Crippen LogP contribution in [0.3, 0.4) is 0 Å². The molecule has 2 aliphatic rings. The average molecular weight is 1040 g/mol. The highest BCUT2D eigenvalue weighted by Gasteiger charge is 2.30. The van der Waals surface area contributed by atoms with Crippen molar-refractivity contribution < 1.29 is 47.6 Å². The molecule has 4 atom stereocenters. The maximum atomic E-state index is 12.3. The van der Waals surface area contributed by atoms with E-state index in [2.05, 4.69) is 56.9 Å². The number of nitrogens with one attached hydrogen (secondary N) is 5. The molecule has 4 amide bonds. The molecule has 4 aromatic rings. The number of hydrogen-bond acceptors (Lipinski definition) is 20. The second-order valence-corrected chi connectivity index (χ2v) is 19.8. The summed E-state index contributed by atoms with van der Waals surface area (Å²) < 4.78 is 32.0. The fourth-order valence-corrected chi connectivity index (χ4v) is 7.11. The number of primary amides is 2. The Morgan fingerprint density at radius 3 is 1.55 bits per heavy atom. The summed E-state index contributed by atoms with van der Waals surface area (Å²) in [5.41, 5.74) is 17.8. The number of methoxy groups -OCH3 is 2. The number of halogens is 1. The summed E-state index contributed by atoms with van der Waals surface area (Å²) in [6.07, 6.45) is 0.406. The Kier molecular flexibility index (Phi) is 21.5. The standard InChI is InChI=1S/C24H35N7O5.C14H16ClN5O2.C10H20N2O3/c1-13(2)20-17(34-6)7-8-18(29-20)27-15-11-19(30-31-21(15)22(25)32)26-14-9-10-35-12-16(14)28-23(33)36-24(3,4)5;1-7(2)12-9(22-3)4-5-11(18-12)17-8-6-10(15)19-20-13(8)14(16)21;1-10(2,3)15-9(13)12-8-6-14-5-4-7(8)11/h7-8,11,13-14,16H,9-10,12H2,1-6H3,(H2,25,32)(H,28,33)(H2,26,27,29,30);4-7H,1-3H3,(H2,16,21)(H,17,18,19);7-8H,4-6,11H2,1-3H3,(H,12,13)/t14-,16+;;7-,8+/m1.1/s1. The summed E-state index contributed by atoms with van der Waals surface area (Å²) in [5.74, 6) is 1.63. The van der Waals surface area contributed by atoms with Gasteiger partial charge in [-0.2, -0.15) is 0 Å². The lowest BCUT2D eigenvalue weighted by Gasteiger charge is -2.33. The molecule has 2 fully saturated rings. The van der Waals surface area contributed by atoms with Gasteiger partial charge in [0.25, 0.3) is 11.8 Å². The van der Waals surface area contributed by atoms with Crippen LogP contribution in [-0.2, 0) is 18.9 Å². The highest BCUT2D eigenvalue weighted by atomic mass is 35.5. The van der Waals surface area contributed by atoms with Gasteiger partial charge in [0, 0.05) is 31.4 Å². The molecule has 400 valence electrons. The van der Waals surface area contributed by atoms with Gasteiger partial charge in [-0.25, -0.2) is 19.6 Å². The summed E-state index contributed by atoms with van der Waals surface area (Å²) in [6.45, 7) is 20.8. The van der Waals surface area contributed by atoms with E-state index in [0.29, 0.717) is 73.2 Å². The van der Waals surface area contributed by atoms with E-state index in [0.717, 1.165) is 17.8 Å². The van der Waals surface area contributed by atoms with E-state index in [-0.39, 0.29) is 52.5 Å². The molecular formula is C48H71ClN14O10. The van der Waals surface area contributed by atoms with Crippen LogP contribution < -0.4 is 53.3 Å². The Labute approximate surface area is 430 Å². The van der Waals surface area contributed by atoms with E-state index in [4.69, 9.17) is 57.2 Å². The van der Waals surface area contributed by atoms with Crippen LogP contribution in [0.1, 0.15) is 126 Å². The van der Waals surface area contributed by atoms with Crippen LogP contribution in [0.5, 0.6) is 11.5 Å². The number of anilines is 5. The minimum atomic E-state index is -0.732. The second-order valence-electron chi connectivity index (χ2n) is 19.4. The number of carbonyl (C=O) groups is 4. The Hall–Kier alpha value is -6.89. The van der Waals surface area contributed by atoms with Crippen LogP contribution in [0.15, 0.2) is 36.4 Å². The van der Waals surface area contributed by atoms with Gasteiger partial charge in [-0.1, -0.05) is 39.3 Å². The highest BCUT2D eigenvalue weighted by molar-refractivity contribution is 6.29. The van der Waals surface area contributed by atoms with Gasteiger partial charge in [0.1, 0.15) is 34.3 Å². The number of ether oxygens (including phenoxy) is 6. The molecule has 0 radical (unpaired) electrons. The number of pyridine rings is 2. The van der Waals surface area contributed by atoms with Crippen molar-refractivity contribution in [3.63, 3.8) is 0 Å². The molecule has 4 aromatic heterocycles. The zero-order valence-corrected chi connectivity index (χ0v) is 44.3. The zero-order chi connectivity index (χ0) is 54.2. The molecule has 0 aromatic carbocycles. The minimum absolute atomic E-state index is 0.00638. The van der Waals surface area contributed by atoms with Gasteiger partial charge in [-0.15, -0.1) is 20.4 Å². The van der Waals surface area contributed by atoms with Crippen molar-refractivity contribution in [2.75, 3.05) is 56.6 Å². The Morgan fingerprint density at radius 1 is 0.644 bits per heavy atom. The van der Waals surface area contributed by atoms with Crippen molar-refractivity contribution in [1.29, 1.82) is 0 Å². The molecule has 2 saturated heterocycles. The van der Waals surface area contributed by atoms with E-state index < -0.39 is 35.2 Å². The third-order valence-corrected chi connectivity index (χ3v) is 10.5. The summed E-state index contributed by atoms with van der Waals surface area (Å²) >= 11 is 5.81. The van der Waals surface area contributed by atoms with E-state index >= 15 is 0 Å². The zero-order valence-electron chi connectivity index (χ0n) is 43.5. The van der Waals surface area contributed by atoms with Gasteiger partial charge in [-0.05, 0) is 90.5 Å². The largest absolute Gasteiger partial charge is 0.495 e. The third-order valence-electron chi connectivity index (χ3n) is 10.4. The van der Waals surface area contributed by atoms with E-state index in [9.17, 15) is 19.2 Å². The lowest BCUT2D eigenvalue weighted by atomic mass is 10.0. The molecule has 0 bridgehead atoms. The van der Waals surface area contributed by atoms with Gasteiger partial charge in [0.2, 0.25) is 0 Å². The lowest BCUT2D eigenvalue weighted by molar-refractivity contribution is 0.0297. The molecular weight excluding hydrogens is 968 g/mol. The van der Waals surface area contributed by atoms with E-state index in [1.54, 1.807) is 65.3 Å². The average Bonchev–Trinajstić information content (AvgIpc) is 3.29.